The third kappa shape index (κ3) is 2.21. The van der Waals surface area contributed by atoms with Gasteiger partial charge < -0.3 is 5.11 Å². The summed E-state index contributed by atoms with van der Waals surface area (Å²) < 4.78 is 38.4. The lowest BCUT2D eigenvalue weighted by atomic mass is 10.0. The summed E-state index contributed by atoms with van der Waals surface area (Å²) in [6.45, 7) is -0.278. The topological polar surface area (TPSA) is 74.7 Å². The number of hydrogen-bond donors (Lipinski definition) is 1. The third-order valence-electron chi connectivity index (χ3n) is 2.71. The fourth-order valence-electron chi connectivity index (χ4n) is 1.61. The van der Waals surface area contributed by atoms with Crippen LogP contribution >= 0.6 is 11.6 Å². The average molecular weight is 294 g/mol. The van der Waals surface area contributed by atoms with E-state index in [-0.39, 0.29) is 18.1 Å². The second-order valence-corrected chi connectivity index (χ2v) is 6.27. The summed E-state index contributed by atoms with van der Waals surface area (Å²) >= 11 is 5.53. The smallest absolute Gasteiger partial charge is 0.309 e. The second-order valence-electron chi connectivity index (χ2n) is 3.93. The summed E-state index contributed by atoms with van der Waals surface area (Å²) in [5.74, 6) is -2.73. The lowest BCUT2D eigenvalue weighted by Crippen LogP contribution is -2.52. The largest absolute Gasteiger partial charge is 0.481 e. The van der Waals surface area contributed by atoms with E-state index in [1.807, 2.05) is 0 Å². The number of hydrogen-bond acceptors (Lipinski definition) is 3. The van der Waals surface area contributed by atoms with Crippen LogP contribution in [0.15, 0.2) is 23.1 Å². The van der Waals surface area contributed by atoms with Crippen LogP contribution in [0.25, 0.3) is 0 Å². The molecule has 1 heterocycles. The van der Waals surface area contributed by atoms with E-state index in [1.54, 1.807) is 0 Å². The van der Waals surface area contributed by atoms with Gasteiger partial charge in [0.1, 0.15) is 10.7 Å². The van der Waals surface area contributed by atoms with Crippen LogP contribution in [0, 0.1) is 11.7 Å². The zero-order chi connectivity index (χ0) is 13.5. The average Bonchev–Trinajstić information content (AvgIpc) is 2.12. The Morgan fingerprint density at radius 3 is 2.56 bits per heavy atom. The monoisotopic (exact) mass is 293 g/mol. The van der Waals surface area contributed by atoms with Crippen LogP contribution in [0.2, 0.25) is 5.02 Å². The quantitative estimate of drug-likeness (QED) is 0.908. The number of rotatable bonds is 3. The van der Waals surface area contributed by atoms with Gasteiger partial charge in [-0.1, -0.05) is 11.6 Å². The fraction of sp³-hybridized carbons (Fsp3) is 0.300. The van der Waals surface area contributed by atoms with E-state index >= 15 is 0 Å². The van der Waals surface area contributed by atoms with E-state index in [4.69, 9.17) is 16.7 Å². The Kier molecular flexibility index (Phi) is 3.31. The number of nitrogens with zero attached hydrogens (tertiary/aromatic N) is 1. The van der Waals surface area contributed by atoms with Crippen LogP contribution in [0.5, 0.6) is 0 Å². The molecule has 98 valence electrons. The zero-order valence-electron chi connectivity index (χ0n) is 9.01. The Morgan fingerprint density at radius 1 is 1.44 bits per heavy atom. The van der Waals surface area contributed by atoms with Crippen molar-refractivity contribution in [1.29, 1.82) is 0 Å². The molecule has 0 atom stereocenters. The van der Waals surface area contributed by atoms with Gasteiger partial charge in [0.15, 0.2) is 0 Å². The molecule has 0 amide bonds. The molecular weight excluding hydrogens is 285 g/mol. The maximum absolute atomic E-state index is 13.5. The van der Waals surface area contributed by atoms with Crippen molar-refractivity contribution in [3.05, 3.63) is 29.0 Å². The first-order valence-electron chi connectivity index (χ1n) is 5.00. The zero-order valence-corrected chi connectivity index (χ0v) is 10.6. The molecule has 0 aromatic heterocycles. The number of sulfonamides is 1. The van der Waals surface area contributed by atoms with Gasteiger partial charge in [-0.05, 0) is 18.2 Å². The normalized spacial score (nSPS) is 17.4. The van der Waals surface area contributed by atoms with E-state index < -0.39 is 32.6 Å². The molecule has 0 saturated carbocycles. The molecule has 2 rings (SSSR count). The van der Waals surface area contributed by atoms with Crippen molar-refractivity contribution in [2.24, 2.45) is 5.92 Å². The summed E-state index contributed by atoms with van der Waals surface area (Å²) in [5.41, 5.74) is 0. The van der Waals surface area contributed by atoms with Crippen molar-refractivity contribution in [2.75, 3.05) is 13.1 Å². The Hall–Kier alpha value is -1.18. The molecule has 1 N–H and O–H groups in total. The highest BCUT2D eigenvalue weighted by Gasteiger charge is 2.41. The molecule has 18 heavy (non-hydrogen) atoms. The molecule has 0 bridgehead atoms. The Balaban J connectivity index is 2.25. The van der Waals surface area contributed by atoms with Gasteiger partial charge >= 0.3 is 5.97 Å². The van der Waals surface area contributed by atoms with Crippen LogP contribution in [0.1, 0.15) is 0 Å². The highest BCUT2D eigenvalue weighted by Crippen LogP contribution is 2.27. The predicted molar refractivity (Wildman–Crippen MR) is 61.3 cm³/mol. The van der Waals surface area contributed by atoms with Crippen LogP contribution in [-0.2, 0) is 14.8 Å². The summed E-state index contributed by atoms with van der Waals surface area (Å²) in [5, 5.41) is 8.76. The van der Waals surface area contributed by atoms with Gasteiger partial charge in [0.2, 0.25) is 10.0 Å². The first kappa shape index (κ1) is 13.3. The van der Waals surface area contributed by atoms with Crippen molar-refractivity contribution in [2.45, 2.75) is 4.90 Å². The summed E-state index contributed by atoms with van der Waals surface area (Å²) in [7, 11) is -3.98. The van der Waals surface area contributed by atoms with E-state index in [9.17, 15) is 17.6 Å². The summed E-state index contributed by atoms with van der Waals surface area (Å²) in [4.78, 5) is 10.1. The maximum Gasteiger partial charge on any atom is 0.309 e. The van der Waals surface area contributed by atoms with E-state index in [0.717, 1.165) is 16.4 Å². The number of carboxylic acids is 1. The Morgan fingerprint density at radius 2 is 2.06 bits per heavy atom. The lowest BCUT2D eigenvalue weighted by Gasteiger charge is -2.35. The lowest BCUT2D eigenvalue weighted by molar-refractivity contribution is -0.145. The highest BCUT2D eigenvalue weighted by atomic mass is 35.5. The van der Waals surface area contributed by atoms with Crippen molar-refractivity contribution in [3.8, 4) is 0 Å². The van der Waals surface area contributed by atoms with E-state index in [2.05, 4.69) is 0 Å². The van der Waals surface area contributed by atoms with Crippen LogP contribution in [-0.4, -0.2) is 36.9 Å². The van der Waals surface area contributed by atoms with Gasteiger partial charge in [0.25, 0.3) is 0 Å². The van der Waals surface area contributed by atoms with E-state index in [0.29, 0.717) is 0 Å². The molecule has 1 aliphatic heterocycles. The minimum atomic E-state index is -3.98. The Bertz CT molecular complexity index is 598. The van der Waals surface area contributed by atoms with Crippen molar-refractivity contribution >= 4 is 27.6 Å². The number of carbonyl (C=O) groups is 1. The molecule has 1 aliphatic rings. The molecule has 1 aromatic carbocycles. The molecule has 1 aromatic rings. The van der Waals surface area contributed by atoms with Gasteiger partial charge in [-0.25, -0.2) is 12.8 Å². The summed E-state index contributed by atoms with van der Waals surface area (Å²) in [6, 6.07) is 3.25. The summed E-state index contributed by atoms with van der Waals surface area (Å²) in [6.07, 6.45) is 0. The maximum atomic E-state index is 13.5. The number of carboxylic acid groups (broad SMARTS) is 1. The number of benzene rings is 1. The Labute approximate surface area is 108 Å². The van der Waals surface area contributed by atoms with Crippen molar-refractivity contribution in [3.63, 3.8) is 0 Å². The molecule has 0 spiro atoms. The van der Waals surface area contributed by atoms with Gasteiger partial charge in [-0.2, -0.15) is 4.31 Å². The van der Waals surface area contributed by atoms with Gasteiger partial charge in [0.05, 0.1) is 5.92 Å². The van der Waals surface area contributed by atoms with E-state index in [1.165, 1.54) is 6.07 Å². The minimum Gasteiger partial charge on any atom is -0.481 e. The number of halogens is 2. The standard InChI is InChI=1S/C10H9ClFNO4S/c11-7-1-2-9(8(12)3-7)18(16,17)13-4-6(5-13)10(14)15/h1-3,6H,4-5H2,(H,14,15). The minimum absolute atomic E-state index is 0.0958. The molecule has 0 unspecified atom stereocenters. The molecule has 0 radical (unpaired) electrons. The third-order valence-corrected chi connectivity index (χ3v) is 4.81. The molecular formula is C10H9ClFNO4S. The molecule has 1 fully saturated rings. The molecule has 8 heteroatoms. The first-order valence-corrected chi connectivity index (χ1v) is 6.82. The van der Waals surface area contributed by atoms with Crippen molar-refractivity contribution < 1.29 is 22.7 Å². The SMILES string of the molecule is O=C(O)C1CN(S(=O)(=O)c2ccc(Cl)cc2F)C1. The second kappa shape index (κ2) is 4.49. The van der Waals surface area contributed by atoms with Gasteiger partial charge in [-0.15, -0.1) is 0 Å². The molecule has 1 saturated heterocycles. The van der Waals surface area contributed by atoms with Gasteiger partial charge in [-0.3, -0.25) is 4.79 Å². The predicted octanol–water partition coefficient (Wildman–Crippen LogP) is 1.18. The molecule has 0 aliphatic carbocycles. The van der Waals surface area contributed by atoms with Crippen LogP contribution in [0.3, 0.4) is 0 Å². The van der Waals surface area contributed by atoms with Crippen molar-refractivity contribution in [1.82, 2.24) is 4.31 Å². The number of aliphatic carboxylic acids is 1. The molecule has 5 nitrogen and oxygen atoms in total. The first-order chi connectivity index (χ1) is 8.32. The van der Waals surface area contributed by atoms with Crippen LogP contribution in [0.4, 0.5) is 4.39 Å². The van der Waals surface area contributed by atoms with Crippen LogP contribution < -0.4 is 0 Å². The highest BCUT2D eigenvalue weighted by molar-refractivity contribution is 7.89. The van der Waals surface area contributed by atoms with Gasteiger partial charge in [0, 0.05) is 18.1 Å². The fourth-order valence-corrected chi connectivity index (χ4v) is 3.35.